The second-order valence-electron chi connectivity index (χ2n) is 3.16. The topological polar surface area (TPSA) is 69.0 Å². The molecule has 2 atom stereocenters. The van der Waals surface area contributed by atoms with Gasteiger partial charge in [0.1, 0.15) is 0 Å². The summed E-state index contributed by atoms with van der Waals surface area (Å²) >= 11 is 0. The van der Waals surface area contributed by atoms with Crippen LogP contribution in [-0.4, -0.2) is 16.7 Å². The molecule has 0 heterocycles. The van der Waals surface area contributed by atoms with Gasteiger partial charge in [-0.05, 0) is 18.4 Å². The van der Waals surface area contributed by atoms with E-state index < -0.39 is 5.60 Å². The van der Waals surface area contributed by atoms with Crippen LogP contribution in [0.4, 0.5) is 0 Å². The van der Waals surface area contributed by atoms with Crippen molar-refractivity contribution in [1.82, 2.24) is 0 Å². The molecule has 0 spiro atoms. The molecule has 1 fully saturated rings. The second-order valence-corrected chi connectivity index (χ2v) is 3.16. The molecule has 0 aromatic carbocycles. The zero-order valence-corrected chi connectivity index (χ0v) is 6.98. The number of hydrogen-bond acceptors (Lipinski definition) is 2. The van der Waals surface area contributed by atoms with Crippen molar-refractivity contribution >= 4 is 0 Å². The van der Waals surface area contributed by atoms with Gasteiger partial charge in [-0.1, -0.05) is 24.0 Å². The van der Waals surface area contributed by atoms with Crippen LogP contribution in [0.2, 0.25) is 0 Å². The maximum Gasteiger partial charge on any atom is 0.0909 e. The van der Waals surface area contributed by atoms with E-state index in [-0.39, 0.29) is 6.04 Å². The third-order valence-corrected chi connectivity index (χ3v) is 2.43. The Labute approximate surface area is 71.5 Å². The van der Waals surface area contributed by atoms with Crippen molar-refractivity contribution in [2.24, 2.45) is 5.11 Å². The summed E-state index contributed by atoms with van der Waals surface area (Å²) in [5.41, 5.74) is 7.29. The van der Waals surface area contributed by atoms with Gasteiger partial charge in [-0.3, -0.25) is 0 Å². The summed E-state index contributed by atoms with van der Waals surface area (Å²) in [7, 11) is 0. The van der Waals surface area contributed by atoms with Gasteiger partial charge >= 0.3 is 0 Å². The van der Waals surface area contributed by atoms with Crippen LogP contribution in [0.5, 0.6) is 0 Å². The van der Waals surface area contributed by atoms with Crippen molar-refractivity contribution in [3.8, 4) is 0 Å². The molecule has 0 unspecified atom stereocenters. The first-order valence-corrected chi connectivity index (χ1v) is 4.13. The van der Waals surface area contributed by atoms with E-state index in [0.717, 1.165) is 19.3 Å². The van der Waals surface area contributed by atoms with Gasteiger partial charge in [0.05, 0.1) is 11.6 Å². The van der Waals surface area contributed by atoms with E-state index in [4.69, 9.17) is 5.53 Å². The first-order valence-electron chi connectivity index (χ1n) is 4.13. The fraction of sp³-hybridized carbons (Fsp3) is 0.750. The molecule has 12 heavy (non-hydrogen) atoms. The molecule has 66 valence electrons. The quantitative estimate of drug-likeness (QED) is 0.291. The normalized spacial score (nSPS) is 35.2. The zero-order chi connectivity index (χ0) is 9.03. The van der Waals surface area contributed by atoms with Crippen molar-refractivity contribution in [1.29, 1.82) is 0 Å². The lowest BCUT2D eigenvalue weighted by atomic mass is 9.81. The summed E-state index contributed by atoms with van der Waals surface area (Å²) < 4.78 is 0. The fourth-order valence-electron chi connectivity index (χ4n) is 1.62. The Hall–Kier alpha value is -0.990. The van der Waals surface area contributed by atoms with E-state index in [9.17, 15) is 5.11 Å². The summed E-state index contributed by atoms with van der Waals surface area (Å²) in [5, 5.41) is 13.5. The number of nitrogens with zero attached hydrogens (tertiary/aromatic N) is 3. The Bertz CT molecular complexity index is 222. The molecular formula is C8H13N3O. The first-order chi connectivity index (χ1) is 5.73. The van der Waals surface area contributed by atoms with Crippen LogP contribution in [0, 0.1) is 0 Å². The van der Waals surface area contributed by atoms with Crippen LogP contribution in [0.15, 0.2) is 17.8 Å². The molecule has 1 saturated carbocycles. The third kappa shape index (κ3) is 1.60. The molecule has 1 rings (SSSR count). The molecular weight excluding hydrogens is 154 g/mol. The second kappa shape index (κ2) is 3.61. The standard InChI is InChI=1S/C8H13N3O/c1-2-8(12)6-4-3-5-7(8)10-11-9/h2,7,12H,1,3-6H2/t7-,8-/m1/s1. The predicted octanol–water partition coefficient (Wildman–Crippen LogP) is 2.16. The summed E-state index contributed by atoms with van der Waals surface area (Å²) in [6.07, 6.45) is 4.89. The lowest BCUT2D eigenvalue weighted by Crippen LogP contribution is -2.41. The number of azide groups is 1. The third-order valence-electron chi connectivity index (χ3n) is 2.43. The maximum absolute atomic E-state index is 9.89. The number of aliphatic hydroxyl groups is 1. The van der Waals surface area contributed by atoms with Gasteiger partial charge in [-0.2, -0.15) is 0 Å². The minimum absolute atomic E-state index is 0.325. The molecule has 0 radical (unpaired) electrons. The van der Waals surface area contributed by atoms with Crippen molar-refractivity contribution in [2.45, 2.75) is 37.3 Å². The van der Waals surface area contributed by atoms with Gasteiger partial charge in [0, 0.05) is 4.91 Å². The molecule has 4 heteroatoms. The number of hydrogen-bond donors (Lipinski definition) is 1. The van der Waals surface area contributed by atoms with Crippen LogP contribution >= 0.6 is 0 Å². The minimum atomic E-state index is -0.968. The monoisotopic (exact) mass is 167 g/mol. The van der Waals surface area contributed by atoms with E-state index >= 15 is 0 Å². The SMILES string of the molecule is C=C[C@@]1(O)CCCC[C@H]1N=[N+]=[N-]. The first kappa shape index (κ1) is 9.10. The Kier molecular flexibility index (Phi) is 2.74. The Balaban J connectivity index is 2.79. The van der Waals surface area contributed by atoms with Crippen molar-refractivity contribution < 1.29 is 5.11 Å². The lowest BCUT2D eigenvalue weighted by Gasteiger charge is -2.34. The molecule has 4 nitrogen and oxygen atoms in total. The average molecular weight is 167 g/mol. The molecule has 0 bridgehead atoms. The van der Waals surface area contributed by atoms with Crippen LogP contribution in [-0.2, 0) is 0 Å². The van der Waals surface area contributed by atoms with E-state index in [0.29, 0.717) is 6.42 Å². The average Bonchev–Trinajstić information content (AvgIpc) is 2.10. The largest absolute Gasteiger partial charge is 0.385 e. The molecule has 1 aliphatic carbocycles. The van der Waals surface area contributed by atoms with Gasteiger partial charge in [0.15, 0.2) is 0 Å². The lowest BCUT2D eigenvalue weighted by molar-refractivity contribution is 0.0321. The molecule has 1 N–H and O–H groups in total. The van der Waals surface area contributed by atoms with Crippen molar-refractivity contribution in [3.05, 3.63) is 23.1 Å². The molecule has 0 aliphatic heterocycles. The molecule has 0 saturated heterocycles. The predicted molar refractivity (Wildman–Crippen MR) is 46.5 cm³/mol. The van der Waals surface area contributed by atoms with Crippen LogP contribution in [0.25, 0.3) is 10.4 Å². The van der Waals surface area contributed by atoms with Gasteiger partial charge in [0.2, 0.25) is 0 Å². The molecule has 0 amide bonds. The van der Waals surface area contributed by atoms with Crippen molar-refractivity contribution in [3.63, 3.8) is 0 Å². The smallest absolute Gasteiger partial charge is 0.0909 e. The van der Waals surface area contributed by atoms with Gasteiger partial charge < -0.3 is 5.11 Å². The number of rotatable bonds is 2. The Morgan fingerprint density at radius 3 is 3.00 bits per heavy atom. The van der Waals surface area contributed by atoms with Crippen molar-refractivity contribution in [2.75, 3.05) is 0 Å². The summed E-state index contributed by atoms with van der Waals surface area (Å²) in [5.74, 6) is 0. The zero-order valence-electron chi connectivity index (χ0n) is 6.98. The van der Waals surface area contributed by atoms with Crippen LogP contribution in [0.3, 0.4) is 0 Å². The summed E-state index contributed by atoms with van der Waals surface area (Å²) in [6.45, 7) is 3.56. The molecule has 0 aromatic rings. The van der Waals surface area contributed by atoms with E-state index in [1.165, 1.54) is 6.08 Å². The van der Waals surface area contributed by atoms with Crippen LogP contribution in [0.1, 0.15) is 25.7 Å². The molecule has 1 aliphatic rings. The molecule has 0 aromatic heterocycles. The highest BCUT2D eigenvalue weighted by Crippen LogP contribution is 2.31. The van der Waals surface area contributed by atoms with Crippen LogP contribution < -0.4 is 0 Å². The van der Waals surface area contributed by atoms with Gasteiger partial charge in [-0.15, -0.1) is 6.58 Å². The van der Waals surface area contributed by atoms with E-state index in [2.05, 4.69) is 16.6 Å². The van der Waals surface area contributed by atoms with Gasteiger partial charge in [-0.25, -0.2) is 0 Å². The Morgan fingerprint density at radius 2 is 2.42 bits per heavy atom. The Morgan fingerprint density at radius 1 is 1.67 bits per heavy atom. The fourth-order valence-corrected chi connectivity index (χ4v) is 1.62. The van der Waals surface area contributed by atoms with E-state index in [1.54, 1.807) is 0 Å². The maximum atomic E-state index is 9.89. The summed E-state index contributed by atoms with van der Waals surface area (Å²) in [6, 6.07) is -0.325. The van der Waals surface area contributed by atoms with E-state index in [1.807, 2.05) is 0 Å². The summed E-state index contributed by atoms with van der Waals surface area (Å²) in [4.78, 5) is 2.72. The van der Waals surface area contributed by atoms with Gasteiger partial charge in [0.25, 0.3) is 0 Å². The minimum Gasteiger partial charge on any atom is -0.385 e. The highest BCUT2D eigenvalue weighted by molar-refractivity contribution is 5.06. The highest BCUT2D eigenvalue weighted by atomic mass is 16.3. The highest BCUT2D eigenvalue weighted by Gasteiger charge is 2.35.